The average molecular weight is 280 g/mol. The van der Waals surface area contributed by atoms with Gasteiger partial charge in [-0.15, -0.1) is 0 Å². The second kappa shape index (κ2) is 8.06. The van der Waals surface area contributed by atoms with Gasteiger partial charge in [0.15, 0.2) is 0 Å². The van der Waals surface area contributed by atoms with Crippen LogP contribution in [0.5, 0.6) is 0 Å². The van der Waals surface area contributed by atoms with Crippen LogP contribution in [0.25, 0.3) is 0 Å². The minimum Gasteiger partial charge on any atom is -0.395 e. The third-order valence-electron chi connectivity index (χ3n) is 3.11. The fourth-order valence-corrected chi connectivity index (χ4v) is 3.84. The predicted molar refractivity (Wildman–Crippen MR) is 70.0 cm³/mol. The molecule has 0 radical (unpaired) electrons. The van der Waals surface area contributed by atoms with E-state index >= 15 is 0 Å². The zero-order valence-electron chi connectivity index (χ0n) is 11.0. The summed E-state index contributed by atoms with van der Waals surface area (Å²) < 4.78 is 30.6. The van der Waals surface area contributed by atoms with E-state index in [2.05, 4.69) is 5.32 Å². The van der Waals surface area contributed by atoms with Crippen LogP contribution in [0, 0.1) is 0 Å². The summed E-state index contributed by atoms with van der Waals surface area (Å²) in [6.07, 6.45) is 3.09. The van der Waals surface area contributed by atoms with Gasteiger partial charge in [-0.25, -0.2) is 8.42 Å². The molecule has 1 rings (SSSR count). The molecule has 1 heterocycles. The van der Waals surface area contributed by atoms with Gasteiger partial charge in [0, 0.05) is 26.2 Å². The first kappa shape index (κ1) is 15.8. The van der Waals surface area contributed by atoms with E-state index in [1.54, 1.807) is 0 Å². The van der Waals surface area contributed by atoms with Gasteiger partial charge in [0.05, 0.1) is 19.0 Å². The van der Waals surface area contributed by atoms with Gasteiger partial charge in [0.2, 0.25) is 10.0 Å². The first-order chi connectivity index (χ1) is 8.60. The molecule has 0 aliphatic carbocycles. The summed E-state index contributed by atoms with van der Waals surface area (Å²) in [4.78, 5) is 0. The van der Waals surface area contributed by atoms with Crippen LogP contribution in [0.4, 0.5) is 0 Å². The standard InChI is InChI=1S/C11H24N2O4S/c1-17-9-7-13(6-8-14)18(15,16)10-11-4-2-3-5-12-11/h11-12,14H,2-10H2,1H3. The maximum Gasteiger partial charge on any atom is 0.215 e. The minimum atomic E-state index is -3.33. The molecule has 108 valence electrons. The number of methoxy groups -OCH3 is 1. The predicted octanol–water partition coefficient (Wildman–Crippen LogP) is -0.601. The van der Waals surface area contributed by atoms with Crippen LogP contribution in [0.15, 0.2) is 0 Å². The van der Waals surface area contributed by atoms with E-state index in [1.807, 2.05) is 0 Å². The third-order valence-corrected chi connectivity index (χ3v) is 5.09. The number of ether oxygens (including phenoxy) is 1. The Morgan fingerprint density at radius 1 is 1.39 bits per heavy atom. The summed E-state index contributed by atoms with van der Waals surface area (Å²) in [5.41, 5.74) is 0. The van der Waals surface area contributed by atoms with Gasteiger partial charge in [-0.05, 0) is 19.4 Å². The van der Waals surface area contributed by atoms with Crippen molar-refractivity contribution in [1.82, 2.24) is 9.62 Å². The number of rotatable bonds is 8. The molecule has 0 aromatic carbocycles. The summed E-state index contributed by atoms with van der Waals surface area (Å²) in [5.74, 6) is 0.108. The van der Waals surface area contributed by atoms with Gasteiger partial charge in [-0.2, -0.15) is 4.31 Å². The van der Waals surface area contributed by atoms with Crippen LogP contribution in [0.2, 0.25) is 0 Å². The van der Waals surface area contributed by atoms with E-state index < -0.39 is 10.0 Å². The normalized spacial score (nSPS) is 21.4. The molecule has 1 fully saturated rings. The summed E-state index contributed by atoms with van der Waals surface area (Å²) in [6, 6.07) is 0.0347. The van der Waals surface area contributed by atoms with Crippen molar-refractivity contribution in [1.29, 1.82) is 0 Å². The fraction of sp³-hybridized carbons (Fsp3) is 1.00. The molecule has 7 heteroatoms. The zero-order chi connectivity index (χ0) is 13.4. The van der Waals surface area contributed by atoms with Crippen LogP contribution < -0.4 is 5.32 Å². The van der Waals surface area contributed by atoms with Gasteiger partial charge in [-0.1, -0.05) is 6.42 Å². The summed E-state index contributed by atoms with van der Waals surface area (Å²) in [5, 5.41) is 12.2. The highest BCUT2D eigenvalue weighted by atomic mass is 32.2. The van der Waals surface area contributed by atoms with Crippen molar-refractivity contribution in [2.45, 2.75) is 25.3 Å². The monoisotopic (exact) mass is 280 g/mol. The van der Waals surface area contributed by atoms with Gasteiger partial charge >= 0.3 is 0 Å². The number of hydrogen-bond acceptors (Lipinski definition) is 5. The largest absolute Gasteiger partial charge is 0.395 e. The molecular weight excluding hydrogens is 256 g/mol. The Kier molecular flexibility index (Phi) is 7.10. The van der Waals surface area contributed by atoms with Gasteiger partial charge in [0.25, 0.3) is 0 Å². The minimum absolute atomic E-state index is 0.0347. The number of sulfonamides is 1. The van der Waals surface area contributed by atoms with Gasteiger partial charge in [-0.3, -0.25) is 0 Å². The molecule has 0 aromatic heterocycles. The van der Waals surface area contributed by atoms with E-state index in [0.717, 1.165) is 25.8 Å². The molecule has 18 heavy (non-hydrogen) atoms. The van der Waals surface area contributed by atoms with Crippen LogP contribution in [0.1, 0.15) is 19.3 Å². The van der Waals surface area contributed by atoms with Crippen molar-refractivity contribution in [3.63, 3.8) is 0 Å². The van der Waals surface area contributed by atoms with Crippen molar-refractivity contribution in [2.75, 3.05) is 45.7 Å². The number of aliphatic hydroxyl groups is 1. The SMILES string of the molecule is COCCN(CCO)S(=O)(=O)CC1CCCCN1. The van der Waals surface area contributed by atoms with E-state index in [-0.39, 0.29) is 24.9 Å². The van der Waals surface area contributed by atoms with Crippen molar-refractivity contribution < 1.29 is 18.3 Å². The van der Waals surface area contributed by atoms with Crippen LogP contribution in [-0.4, -0.2) is 69.6 Å². The summed E-state index contributed by atoms with van der Waals surface area (Å²) >= 11 is 0. The Balaban J connectivity index is 2.55. The molecule has 0 spiro atoms. The van der Waals surface area contributed by atoms with Gasteiger partial charge in [0.1, 0.15) is 0 Å². The van der Waals surface area contributed by atoms with Crippen molar-refractivity contribution in [2.24, 2.45) is 0 Å². The maximum absolute atomic E-state index is 12.2. The number of nitrogens with one attached hydrogen (secondary N) is 1. The fourth-order valence-electron chi connectivity index (χ4n) is 2.12. The molecule has 1 unspecified atom stereocenters. The lowest BCUT2D eigenvalue weighted by Crippen LogP contribution is -2.45. The highest BCUT2D eigenvalue weighted by molar-refractivity contribution is 7.89. The molecule has 0 amide bonds. The van der Waals surface area contributed by atoms with E-state index in [9.17, 15) is 8.42 Å². The summed E-state index contributed by atoms with van der Waals surface area (Å²) in [7, 11) is -1.79. The summed E-state index contributed by atoms with van der Waals surface area (Å²) in [6.45, 7) is 1.50. The first-order valence-corrected chi connectivity index (χ1v) is 8.02. The second-order valence-corrected chi connectivity index (χ2v) is 6.55. The van der Waals surface area contributed by atoms with E-state index in [4.69, 9.17) is 9.84 Å². The molecule has 0 bridgehead atoms. The molecule has 2 N–H and O–H groups in total. The van der Waals surface area contributed by atoms with Gasteiger partial charge < -0.3 is 15.2 Å². The Labute approximate surface area is 109 Å². The quantitative estimate of drug-likeness (QED) is 0.621. The lowest BCUT2D eigenvalue weighted by atomic mass is 10.1. The lowest BCUT2D eigenvalue weighted by molar-refractivity contribution is 0.168. The Morgan fingerprint density at radius 2 is 2.17 bits per heavy atom. The molecule has 0 saturated carbocycles. The zero-order valence-corrected chi connectivity index (χ0v) is 11.8. The van der Waals surface area contributed by atoms with Crippen LogP contribution in [-0.2, 0) is 14.8 Å². The number of piperidine rings is 1. The van der Waals surface area contributed by atoms with Crippen molar-refractivity contribution in [3.8, 4) is 0 Å². The molecule has 0 aromatic rings. The Morgan fingerprint density at radius 3 is 2.72 bits per heavy atom. The number of nitrogens with zero attached hydrogens (tertiary/aromatic N) is 1. The Bertz CT molecular complexity index is 315. The van der Waals surface area contributed by atoms with Crippen LogP contribution in [0.3, 0.4) is 0 Å². The molecule has 6 nitrogen and oxygen atoms in total. The maximum atomic E-state index is 12.2. The molecule has 1 atom stereocenters. The smallest absolute Gasteiger partial charge is 0.215 e. The third kappa shape index (κ3) is 5.19. The second-order valence-electron chi connectivity index (χ2n) is 4.54. The molecule has 1 aliphatic heterocycles. The Hall–Kier alpha value is -0.210. The highest BCUT2D eigenvalue weighted by Crippen LogP contribution is 2.11. The van der Waals surface area contributed by atoms with Crippen molar-refractivity contribution in [3.05, 3.63) is 0 Å². The van der Waals surface area contributed by atoms with Crippen LogP contribution >= 0.6 is 0 Å². The van der Waals surface area contributed by atoms with E-state index in [0.29, 0.717) is 13.2 Å². The molecular formula is C11H24N2O4S. The molecule has 1 saturated heterocycles. The number of hydrogen-bond donors (Lipinski definition) is 2. The lowest BCUT2D eigenvalue weighted by Gasteiger charge is -2.27. The van der Waals surface area contributed by atoms with E-state index in [1.165, 1.54) is 11.4 Å². The highest BCUT2D eigenvalue weighted by Gasteiger charge is 2.26. The first-order valence-electron chi connectivity index (χ1n) is 6.41. The van der Waals surface area contributed by atoms with Crippen molar-refractivity contribution >= 4 is 10.0 Å². The topological polar surface area (TPSA) is 78.9 Å². The number of aliphatic hydroxyl groups excluding tert-OH is 1. The average Bonchev–Trinajstić information content (AvgIpc) is 2.35. The molecule has 1 aliphatic rings.